The maximum atomic E-state index is 13.0. The summed E-state index contributed by atoms with van der Waals surface area (Å²) in [6.07, 6.45) is 1.63. The maximum Gasteiger partial charge on any atom is 0.276 e. The summed E-state index contributed by atoms with van der Waals surface area (Å²) in [6.45, 7) is 0. The standard InChI is InChI=1S/C18H16FN3O3/c1-24-14-7-8-15(17(11-14)25-2)20-18(23)16-9-10-22(21-16)13-5-3-12(19)4-6-13/h3-11H,1-2H3,(H,20,23). The fraction of sp³-hybridized carbons (Fsp3) is 0.111. The monoisotopic (exact) mass is 341 g/mol. The van der Waals surface area contributed by atoms with Crippen molar-refractivity contribution in [2.75, 3.05) is 19.5 Å². The maximum absolute atomic E-state index is 13.0. The van der Waals surface area contributed by atoms with Gasteiger partial charge in [0.1, 0.15) is 17.3 Å². The van der Waals surface area contributed by atoms with Crippen molar-refractivity contribution in [3.05, 3.63) is 66.2 Å². The number of carbonyl (C=O) groups excluding carboxylic acids is 1. The molecule has 0 saturated heterocycles. The van der Waals surface area contributed by atoms with Gasteiger partial charge in [-0.25, -0.2) is 9.07 Å². The molecule has 6 nitrogen and oxygen atoms in total. The number of benzene rings is 2. The second-order valence-electron chi connectivity index (χ2n) is 5.14. The lowest BCUT2D eigenvalue weighted by Crippen LogP contribution is -2.14. The molecular weight excluding hydrogens is 325 g/mol. The average molecular weight is 341 g/mol. The molecule has 3 aromatic rings. The number of carbonyl (C=O) groups is 1. The van der Waals surface area contributed by atoms with Gasteiger partial charge in [0.2, 0.25) is 0 Å². The Labute approximate surface area is 143 Å². The van der Waals surface area contributed by atoms with Crippen molar-refractivity contribution in [3.8, 4) is 17.2 Å². The quantitative estimate of drug-likeness (QED) is 0.773. The number of hydrogen-bond acceptors (Lipinski definition) is 4. The number of anilines is 1. The highest BCUT2D eigenvalue weighted by Gasteiger charge is 2.13. The van der Waals surface area contributed by atoms with E-state index in [2.05, 4.69) is 10.4 Å². The topological polar surface area (TPSA) is 65.4 Å². The van der Waals surface area contributed by atoms with Gasteiger partial charge in [-0.05, 0) is 42.5 Å². The third-order valence-electron chi connectivity index (χ3n) is 3.57. The summed E-state index contributed by atoms with van der Waals surface area (Å²) in [5.74, 6) is 0.380. The number of halogens is 1. The number of nitrogens with zero attached hydrogens (tertiary/aromatic N) is 2. The number of rotatable bonds is 5. The van der Waals surface area contributed by atoms with Crippen LogP contribution in [0.1, 0.15) is 10.5 Å². The van der Waals surface area contributed by atoms with Gasteiger partial charge in [-0.15, -0.1) is 0 Å². The minimum Gasteiger partial charge on any atom is -0.497 e. The van der Waals surface area contributed by atoms with Gasteiger partial charge in [-0.1, -0.05) is 0 Å². The fourth-order valence-electron chi connectivity index (χ4n) is 2.27. The molecule has 7 heteroatoms. The molecule has 0 fully saturated rings. The zero-order valence-electron chi connectivity index (χ0n) is 13.7. The molecule has 25 heavy (non-hydrogen) atoms. The Hall–Kier alpha value is -3.35. The third kappa shape index (κ3) is 3.60. The van der Waals surface area contributed by atoms with Crippen molar-refractivity contribution in [3.63, 3.8) is 0 Å². The molecule has 128 valence electrons. The molecule has 0 atom stereocenters. The molecule has 0 unspecified atom stereocenters. The third-order valence-corrected chi connectivity index (χ3v) is 3.57. The lowest BCUT2D eigenvalue weighted by molar-refractivity contribution is 0.102. The van der Waals surface area contributed by atoms with Crippen LogP contribution in [0.5, 0.6) is 11.5 Å². The van der Waals surface area contributed by atoms with Gasteiger partial charge < -0.3 is 14.8 Å². The van der Waals surface area contributed by atoms with E-state index in [-0.39, 0.29) is 17.4 Å². The normalized spacial score (nSPS) is 10.4. The Morgan fingerprint density at radius 1 is 1.08 bits per heavy atom. The Morgan fingerprint density at radius 3 is 2.52 bits per heavy atom. The zero-order valence-corrected chi connectivity index (χ0v) is 13.7. The summed E-state index contributed by atoms with van der Waals surface area (Å²) in [4.78, 5) is 12.4. The molecule has 2 aromatic carbocycles. The van der Waals surface area contributed by atoms with Crippen LogP contribution in [0.15, 0.2) is 54.7 Å². The number of hydrogen-bond donors (Lipinski definition) is 1. The summed E-state index contributed by atoms with van der Waals surface area (Å²) in [5.41, 5.74) is 1.38. The Balaban J connectivity index is 1.79. The highest BCUT2D eigenvalue weighted by molar-refractivity contribution is 6.03. The van der Waals surface area contributed by atoms with E-state index in [9.17, 15) is 9.18 Å². The fourth-order valence-corrected chi connectivity index (χ4v) is 2.27. The Morgan fingerprint density at radius 2 is 1.84 bits per heavy atom. The second kappa shape index (κ2) is 7.04. The van der Waals surface area contributed by atoms with Crippen LogP contribution in [0.25, 0.3) is 5.69 Å². The Kier molecular flexibility index (Phi) is 4.65. The van der Waals surface area contributed by atoms with E-state index in [1.165, 1.54) is 23.9 Å². The first-order chi connectivity index (χ1) is 12.1. The van der Waals surface area contributed by atoms with E-state index in [1.54, 1.807) is 49.7 Å². The van der Waals surface area contributed by atoms with Gasteiger partial charge in [0.25, 0.3) is 5.91 Å². The molecule has 0 bridgehead atoms. The minimum absolute atomic E-state index is 0.224. The smallest absolute Gasteiger partial charge is 0.276 e. The summed E-state index contributed by atoms with van der Waals surface area (Å²) in [5, 5.41) is 6.96. The number of methoxy groups -OCH3 is 2. The van der Waals surface area contributed by atoms with Crippen molar-refractivity contribution in [2.24, 2.45) is 0 Å². The van der Waals surface area contributed by atoms with E-state index in [0.29, 0.717) is 22.9 Å². The summed E-state index contributed by atoms with van der Waals surface area (Å²) < 4.78 is 24.9. The van der Waals surface area contributed by atoms with Crippen LogP contribution < -0.4 is 14.8 Å². The minimum atomic E-state index is -0.385. The van der Waals surface area contributed by atoms with Crippen LogP contribution in [0, 0.1) is 5.82 Å². The van der Waals surface area contributed by atoms with Crippen molar-refractivity contribution < 1.29 is 18.7 Å². The van der Waals surface area contributed by atoms with Gasteiger partial charge in [-0.3, -0.25) is 4.79 Å². The zero-order chi connectivity index (χ0) is 17.8. The van der Waals surface area contributed by atoms with Crippen LogP contribution in [-0.2, 0) is 0 Å². The summed E-state index contributed by atoms with van der Waals surface area (Å²) >= 11 is 0. The lowest BCUT2D eigenvalue weighted by Gasteiger charge is -2.10. The van der Waals surface area contributed by atoms with Crippen LogP contribution >= 0.6 is 0 Å². The van der Waals surface area contributed by atoms with Gasteiger partial charge in [0, 0.05) is 12.3 Å². The molecule has 1 amide bonds. The largest absolute Gasteiger partial charge is 0.497 e. The van der Waals surface area contributed by atoms with Gasteiger partial charge in [-0.2, -0.15) is 5.10 Å². The van der Waals surface area contributed by atoms with Crippen molar-refractivity contribution >= 4 is 11.6 Å². The summed E-state index contributed by atoms with van der Waals surface area (Å²) in [6, 6.07) is 12.5. The van der Waals surface area contributed by atoms with E-state index >= 15 is 0 Å². The molecule has 1 heterocycles. The van der Waals surface area contributed by atoms with Crippen LogP contribution in [0.3, 0.4) is 0 Å². The predicted molar refractivity (Wildman–Crippen MR) is 91.0 cm³/mol. The molecule has 3 rings (SSSR count). The molecule has 1 aromatic heterocycles. The van der Waals surface area contributed by atoms with Gasteiger partial charge >= 0.3 is 0 Å². The predicted octanol–water partition coefficient (Wildman–Crippen LogP) is 3.28. The van der Waals surface area contributed by atoms with Crippen molar-refractivity contribution in [1.29, 1.82) is 0 Å². The molecule has 0 saturated carbocycles. The molecule has 0 spiro atoms. The molecule has 0 aliphatic heterocycles. The van der Waals surface area contributed by atoms with Crippen LogP contribution in [0.4, 0.5) is 10.1 Å². The molecule has 0 aliphatic rings. The number of amides is 1. The second-order valence-corrected chi connectivity index (χ2v) is 5.14. The highest BCUT2D eigenvalue weighted by Crippen LogP contribution is 2.29. The first-order valence-electron chi connectivity index (χ1n) is 7.45. The first kappa shape index (κ1) is 16.5. The van der Waals surface area contributed by atoms with E-state index in [1.807, 2.05) is 0 Å². The van der Waals surface area contributed by atoms with E-state index in [0.717, 1.165) is 0 Å². The molecule has 0 radical (unpaired) electrons. The summed E-state index contributed by atoms with van der Waals surface area (Å²) in [7, 11) is 3.06. The van der Waals surface area contributed by atoms with E-state index < -0.39 is 0 Å². The van der Waals surface area contributed by atoms with Gasteiger partial charge in [0.05, 0.1) is 25.6 Å². The number of aromatic nitrogens is 2. The molecule has 0 aliphatic carbocycles. The van der Waals surface area contributed by atoms with Gasteiger partial charge in [0.15, 0.2) is 5.69 Å². The lowest BCUT2D eigenvalue weighted by atomic mass is 10.2. The number of ether oxygens (including phenoxy) is 2. The van der Waals surface area contributed by atoms with E-state index in [4.69, 9.17) is 9.47 Å². The average Bonchev–Trinajstić information content (AvgIpc) is 3.13. The van der Waals surface area contributed by atoms with Crippen LogP contribution in [0.2, 0.25) is 0 Å². The molecular formula is C18H16FN3O3. The molecule has 1 N–H and O–H groups in total. The SMILES string of the molecule is COc1ccc(NC(=O)c2ccn(-c3ccc(F)cc3)n2)c(OC)c1. The van der Waals surface area contributed by atoms with Crippen LogP contribution in [-0.4, -0.2) is 29.9 Å². The van der Waals surface area contributed by atoms with Crippen molar-refractivity contribution in [2.45, 2.75) is 0 Å². The van der Waals surface area contributed by atoms with Crippen molar-refractivity contribution in [1.82, 2.24) is 9.78 Å². The highest BCUT2D eigenvalue weighted by atomic mass is 19.1. The first-order valence-corrected chi connectivity index (χ1v) is 7.45. The number of nitrogens with one attached hydrogen (secondary N) is 1. The Bertz CT molecular complexity index is 891.